The normalized spacial score (nSPS) is 29.9. The molecule has 2 aromatic rings. The molecule has 35 heavy (non-hydrogen) atoms. The lowest BCUT2D eigenvalue weighted by Gasteiger charge is -2.16. The van der Waals surface area contributed by atoms with Gasteiger partial charge in [0.1, 0.15) is 30.4 Å². The summed E-state index contributed by atoms with van der Waals surface area (Å²) in [5, 5.41) is 28.0. The summed E-state index contributed by atoms with van der Waals surface area (Å²) in [5.74, 6) is 2.35. The lowest BCUT2D eigenvalue weighted by atomic mass is 10.1. The van der Waals surface area contributed by atoms with Crippen LogP contribution in [-0.4, -0.2) is 71.6 Å². The first-order chi connectivity index (χ1) is 16.5. The van der Waals surface area contributed by atoms with Crippen molar-refractivity contribution < 1.29 is 29.2 Å². The molecule has 0 aromatic carbocycles. The Kier molecular flexibility index (Phi) is 8.46. The van der Waals surface area contributed by atoms with E-state index < -0.39 is 66.6 Å². The molecule has 0 saturated carbocycles. The Morgan fingerprint density at radius 1 is 1.31 bits per heavy atom. The molecule has 0 radical (unpaired) electrons. The topological polar surface area (TPSA) is 195 Å². The van der Waals surface area contributed by atoms with Crippen molar-refractivity contribution in [3.8, 4) is 12.3 Å². The average Bonchev–Trinajstić information content (AvgIpc) is 3.32. The van der Waals surface area contributed by atoms with Crippen molar-refractivity contribution in [2.45, 2.75) is 56.4 Å². The van der Waals surface area contributed by atoms with Gasteiger partial charge in [-0.3, -0.25) is 18.9 Å². The van der Waals surface area contributed by atoms with E-state index in [1.807, 2.05) is 22.6 Å². The Morgan fingerprint density at radius 3 is 2.57 bits per heavy atom. The number of nitrogens with one attached hydrogen (secondary N) is 1. The number of aryl methyl sites for hydroxylation is 1. The molecule has 0 spiro atoms. The molecule has 4 heterocycles. The number of nitrogens with zero attached hydrogens (tertiary/aromatic N) is 3. The number of anilines is 1. The van der Waals surface area contributed by atoms with Gasteiger partial charge < -0.3 is 30.5 Å². The third-order valence-corrected chi connectivity index (χ3v) is 6.23. The first-order valence-corrected chi connectivity index (χ1v) is 11.3. The summed E-state index contributed by atoms with van der Waals surface area (Å²) < 4.78 is 26.9. The summed E-state index contributed by atoms with van der Waals surface area (Å²) in [4.78, 5) is 40.1. The van der Waals surface area contributed by atoms with Gasteiger partial charge in [0.05, 0.1) is 16.3 Å². The third-order valence-electron chi connectivity index (χ3n) is 5.40. The third kappa shape index (κ3) is 5.63. The summed E-state index contributed by atoms with van der Waals surface area (Å²) in [6, 6.07) is 0. The predicted molar refractivity (Wildman–Crippen MR) is 127 cm³/mol. The van der Waals surface area contributed by atoms with Crippen LogP contribution in [0.4, 0.5) is 10.2 Å². The second-order valence-electron chi connectivity index (χ2n) is 7.81. The zero-order valence-corrected chi connectivity index (χ0v) is 20.4. The molecule has 6 N–H and O–H groups in total. The molecule has 15 heteroatoms. The van der Waals surface area contributed by atoms with Gasteiger partial charge in [0, 0.05) is 24.4 Å². The Bertz CT molecular complexity index is 1290. The van der Waals surface area contributed by atoms with Gasteiger partial charge in [0.15, 0.2) is 12.4 Å². The fourth-order valence-electron chi connectivity index (χ4n) is 3.49. The number of aromatic amines is 1. The van der Waals surface area contributed by atoms with Gasteiger partial charge in [-0.2, -0.15) is 4.98 Å². The van der Waals surface area contributed by atoms with Crippen LogP contribution in [-0.2, 0) is 9.47 Å². The first kappa shape index (κ1) is 27.0. The van der Waals surface area contributed by atoms with Crippen LogP contribution in [0.2, 0.25) is 0 Å². The molecule has 2 aromatic heterocycles. The molecule has 0 aliphatic carbocycles. The minimum Gasteiger partial charge on any atom is -0.394 e. The minimum absolute atomic E-state index is 0.0458. The molecule has 2 aliphatic rings. The monoisotopic (exact) mass is 607 g/mol. The van der Waals surface area contributed by atoms with Gasteiger partial charge in [-0.05, 0) is 29.5 Å². The van der Waals surface area contributed by atoms with Crippen LogP contribution in [0, 0.1) is 22.8 Å². The number of rotatable bonds is 3. The molecule has 0 unspecified atom stereocenters. The molecule has 0 amide bonds. The largest absolute Gasteiger partial charge is 0.394 e. The number of aliphatic hydroxyl groups excluding tert-OH is 3. The molecular weight excluding hydrogens is 584 g/mol. The first-order valence-electron chi connectivity index (χ1n) is 10.2. The van der Waals surface area contributed by atoms with Crippen molar-refractivity contribution in [2.24, 2.45) is 0 Å². The van der Waals surface area contributed by atoms with E-state index in [0.717, 1.165) is 4.57 Å². The maximum absolute atomic E-state index is 13.8. The smallest absolute Gasteiger partial charge is 0.351 e. The Hall–Kier alpha value is -2.62. The van der Waals surface area contributed by atoms with E-state index in [4.69, 9.17) is 26.7 Å². The molecule has 4 rings (SSSR count). The number of alkyl halides is 1. The van der Waals surface area contributed by atoms with Gasteiger partial charge in [0.2, 0.25) is 0 Å². The lowest BCUT2D eigenvalue weighted by Crippen LogP contribution is -2.34. The van der Waals surface area contributed by atoms with E-state index in [0.29, 0.717) is 9.13 Å². The molecule has 2 fully saturated rings. The van der Waals surface area contributed by atoms with E-state index in [2.05, 4.69) is 15.9 Å². The lowest BCUT2D eigenvalue weighted by molar-refractivity contribution is -0.0491. The highest BCUT2D eigenvalue weighted by Crippen LogP contribution is 2.31. The number of H-pyrrole nitrogens is 1. The highest BCUT2D eigenvalue weighted by Gasteiger charge is 2.45. The summed E-state index contributed by atoms with van der Waals surface area (Å²) in [5.41, 5.74) is 4.07. The van der Waals surface area contributed by atoms with Gasteiger partial charge in [-0.1, -0.05) is 5.92 Å². The minimum atomic E-state index is -1.82. The van der Waals surface area contributed by atoms with E-state index in [-0.39, 0.29) is 12.2 Å². The molecule has 7 atom stereocenters. The number of terminal acetylenes is 1. The van der Waals surface area contributed by atoms with Crippen molar-refractivity contribution in [1.29, 1.82) is 0 Å². The summed E-state index contributed by atoms with van der Waals surface area (Å²) in [6.07, 6.45) is 0.251. The Balaban J connectivity index is 0.000000196. The molecule has 190 valence electrons. The number of aliphatic hydroxyl groups is 3. The highest BCUT2D eigenvalue weighted by atomic mass is 127. The van der Waals surface area contributed by atoms with Crippen LogP contribution in [0.25, 0.3) is 0 Å². The number of hydrogen-bond acceptors (Lipinski definition) is 10. The number of halogens is 2. The van der Waals surface area contributed by atoms with Crippen molar-refractivity contribution in [3.63, 3.8) is 0 Å². The molecule has 2 saturated heterocycles. The maximum Gasteiger partial charge on any atom is 0.351 e. The fraction of sp³-hybridized carbons (Fsp3) is 0.500. The van der Waals surface area contributed by atoms with Gasteiger partial charge in [-0.15, -0.1) is 6.42 Å². The second kappa shape index (κ2) is 11.0. The number of hydrogen-bond donors (Lipinski definition) is 5. The summed E-state index contributed by atoms with van der Waals surface area (Å²) >= 11 is 1.84. The van der Waals surface area contributed by atoms with Gasteiger partial charge in [0.25, 0.3) is 5.56 Å². The molecular formula is C20H23FIN5O8. The predicted octanol–water partition coefficient (Wildman–Crippen LogP) is -1.85. The summed E-state index contributed by atoms with van der Waals surface area (Å²) in [6.45, 7) is 1.05. The van der Waals surface area contributed by atoms with Crippen molar-refractivity contribution in [3.05, 3.63) is 52.8 Å². The Labute approximate surface area is 210 Å². The van der Waals surface area contributed by atoms with Gasteiger partial charge in [-0.25, -0.2) is 14.0 Å². The van der Waals surface area contributed by atoms with E-state index in [1.54, 1.807) is 6.92 Å². The second-order valence-corrected chi connectivity index (χ2v) is 8.97. The fourth-order valence-corrected chi connectivity index (χ4v) is 3.91. The molecule has 2 aliphatic heterocycles. The molecule has 0 bridgehead atoms. The number of ether oxygens (including phenoxy) is 2. The van der Waals surface area contributed by atoms with Crippen molar-refractivity contribution in [2.75, 3.05) is 12.3 Å². The number of nitrogens with two attached hydrogens (primary N) is 1. The number of aromatic nitrogens is 4. The van der Waals surface area contributed by atoms with Crippen LogP contribution in [0.1, 0.15) is 24.4 Å². The zero-order chi connectivity index (χ0) is 26.0. The average molecular weight is 607 g/mol. The highest BCUT2D eigenvalue weighted by molar-refractivity contribution is 14.1. The SMILES string of the molecule is C#C[C@H]1O[C@@H](n2cc(C)c(=O)[nH]c2=O)C[C@@H]1O.Nc1nc(=O)n([C@@H]2O[C@H](CO)[C@@H](O)[C@@H]2F)cc1I. The van der Waals surface area contributed by atoms with Crippen LogP contribution >= 0.6 is 22.6 Å². The number of nitrogen functional groups attached to an aromatic ring is 1. The van der Waals surface area contributed by atoms with Crippen molar-refractivity contribution >= 4 is 28.4 Å². The van der Waals surface area contributed by atoms with Crippen LogP contribution in [0.5, 0.6) is 0 Å². The maximum atomic E-state index is 13.8. The van der Waals surface area contributed by atoms with Crippen LogP contribution in [0.3, 0.4) is 0 Å². The van der Waals surface area contributed by atoms with E-state index >= 15 is 0 Å². The zero-order valence-electron chi connectivity index (χ0n) is 18.2. The van der Waals surface area contributed by atoms with Gasteiger partial charge >= 0.3 is 11.4 Å². The molecule has 13 nitrogen and oxygen atoms in total. The van der Waals surface area contributed by atoms with Crippen molar-refractivity contribution in [1.82, 2.24) is 19.1 Å². The van der Waals surface area contributed by atoms with E-state index in [1.165, 1.54) is 17.0 Å². The van der Waals surface area contributed by atoms with E-state index in [9.17, 15) is 29.0 Å². The summed E-state index contributed by atoms with van der Waals surface area (Å²) in [7, 11) is 0. The van der Waals surface area contributed by atoms with Crippen LogP contribution in [0.15, 0.2) is 26.8 Å². The van der Waals surface area contributed by atoms with Crippen LogP contribution < -0.4 is 22.7 Å². The Morgan fingerprint density at radius 2 is 2.00 bits per heavy atom. The standard InChI is InChI=1S/C11H12N2O4.C9H11FIN3O4/c1-3-8-7(14)4-9(17-8)13-5-6(2)10(15)12-11(13)16;10-5-6(16)4(2-15)18-8(5)14-1-3(11)7(12)13-9(14)17/h1,5,7-9,14H,4H2,2H3,(H,12,15,16);1,4-6,8,15-16H,2H2,(H2,12,13,17)/t7-,8+,9+;4-,5+,6-,8-/m01/s1. The quantitative estimate of drug-likeness (QED) is 0.195.